The summed E-state index contributed by atoms with van der Waals surface area (Å²) in [5, 5.41) is 22.6. The summed E-state index contributed by atoms with van der Waals surface area (Å²) in [6.45, 7) is -0.623. The predicted molar refractivity (Wildman–Crippen MR) is 112 cm³/mol. The number of rotatable bonds is 9. The first-order valence-corrected chi connectivity index (χ1v) is 8.98. The Hall–Kier alpha value is -4.41. The number of amides is 2. The molecule has 11 nitrogen and oxygen atoms in total. The SMILES string of the molecule is NC(N)=Nc1cccc(C(=O)Nc2ccc(C(CC(=O)O)C(=O)NCC(=O)O)cc2)c1. The van der Waals surface area contributed by atoms with Crippen molar-refractivity contribution in [2.45, 2.75) is 12.3 Å². The predicted octanol–water partition coefficient (Wildman–Crippen LogP) is 0.603. The molecule has 0 aliphatic carbocycles. The maximum Gasteiger partial charge on any atom is 0.322 e. The number of carbonyl (C=O) groups is 4. The number of hydrogen-bond donors (Lipinski definition) is 6. The van der Waals surface area contributed by atoms with Gasteiger partial charge in [0.15, 0.2) is 5.96 Å². The van der Waals surface area contributed by atoms with Crippen molar-refractivity contribution >= 4 is 41.1 Å². The van der Waals surface area contributed by atoms with Crippen molar-refractivity contribution in [3.63, 3.8) is 0 Å². The van der Waals surface area contributed by atoms with E-state index in [1.165, 1.54) is 30.3 Å². The van der Waals surface area contributed by atoms with Gasteiger partial charge < -0.3 is 32.3 Å². The zero-order valence-electron chi connectivity index (χ0n) is 16.2. The van der Waals surface area contributed by atoms with Gasteiger partial charge in [0, 0.05) is 11.3 Å². The standard InChI is InChI=1S/C20H21N5O6/c21-20(22)25-14-3-1-2-12(8-14)18(30)24-13-6-4-11(5-7-13)15(9-16(26)27)19(31)23-10-17(28)29/h1-8,15H,9-10H2,(H,23,31)(H,24,30)(H,26,27)(H,28,29)(H4,21,22,25). The third-order valence-corrected chi connectivity index (χ3v) is 4.05. The molecule has 8 N–H and O–H groups in total. The van der Waals surface area contributed by atoms with Crippen molar-refractivity contribution in [1.29, 1.82) is 0 Å². The molecule has 0 radical (unpaired) electrons. The second-order valence-electron chi connectivity index (χ2n) is 6.43. The lowest BCUT2D eigenvalue weighted by Gasteiger charge is -2.15. The molecule has 1 atom stereocenters. The van der Waals surface area contributed by atoms with Crippen molar-refractivity contribution in [2.75, 3.05) is 11.9 Å². The van der Waals surface area contributed by atoms with Gasteiger partial charge in [-0.15, -0.1) is 0 Å². The Morgan fingerprint density at radius 1 is 0.968 bits per heavy atom. The number of benzene rings is 2. The van der Waals surface area contributed by atoms with E-state index < -0.39 is 42.6 Å². The van der Waals surface area contributed by atoms with E-state index in [1.54, 1.807) is 18.2 Å². The van der Waals surface area contributed by atoms with Gasteiger partial charge in [-0.2, -0.15) is 0 Å². The largest absolute Gasteiger partial charge is 0.481 e. The Morgan fingerprint density at radius 3 is 2.23 bits per heavy atom. The number of aliphatic carboxylic acids is 2. The van der Waals surface area contributed by atoms with Crippen LogP contribution in [0.5, 0.6) is 0 Å². The van der Waals surface area contributed by atoms with Crippen molar-refractivity contribution in [3.8, 4) is 0 Å². The van der Waals surface area contributed by atoms with Gasteiger partial charge >= 0.3 is 11.9 Å². The van der Waals surface area contributed by atoms with Crippen LogP contribution >= 0.6 is 0 Å². The van der Waals surface area contributed by atoms with Crippen LogP contribution in [0.25, 0.3) is 0 Å². The first kappa shape index (κ1) is 22.9. The van der Waals surface area contributed by atoms with Gasteiger partial charge in [0.1, 0.15) is 6.54 Å². The summed E-state index contributed by atoms with van der Waals surface area (Å²) in [6, 6.07) is 12.3. The number of hydrogen-bond acceptors (Lipinski definition) is 5. The Morgan fingerprint density at radius 2 is 1.65 bits per heavy atom. The molecule has 2 amide bonds. The number of nitrogens with zero attached hydrogens (tertiary/aromatic N) is 1. The summed E-state index contributed by atoms with van der Waals surface area (Å²) < 4.78 is 0. The molecule has 0 fully saturated rings. The van der Waals surface area contributed by atoms with Crippen molar-refractivity contribution in [1.82, 2.24) is 5.32 Å². The maximum absolute atomic E-state index is 12.5. The van der Waals surface area contributed by atoms with E-state index in [-0.39, 0.29) is 5.96 Å². The van der Waals surface area contributed by atoms with Crippen LogP contribution < -0.4 is 22.1 Å². The first-order valence-electron chi connectivity index (χ1n) is 8.98. The van der Waals surface area contributed by atoms with E-state index >= 15 is 0 Å². The van der Waals surface area contributed by atoms with Gasteiger partial charge in [-0.05, 0) is 35.9 Å². The lowest BCUT2D eigenvalue weighted by atomic mass is 9.94. The number of anilines is 1. The molecule has 2 aromatic rings. The monoisotopic (exact) mass is 427 g/mol. The van der Waals surface area contributed by atoms with Crippen LogP contribution in [0.4, 0.5) is 11.4 Å². The molecule has 0 aliphatic heterocycles. The molecule has 0 spiro atoms. The molecule has 0 saturated carbocycles. The molecule has 31 heavy (non-hydrogen) atoms. The van der Waals surface area contributed by atoms with Gasteiger partial charge in [0.25, 0.3) is 5.91 Å². The summed E-state index contributed by atoms with van der Waals surface area (Å²) in [4.78, 5) is 50.3. The molecule has 1 unspecified atom stereocenters. The highest BCUT2D eigenvalue weighted by Crippen LogP contribution is 2.23. The second-order valence-corrected chi connectivity index (χ2v) is 6.43. The quantitative estimate of drug-likeness (QED) is 0.247. The molecular weight excluding hydrogens is 406 g/mol. The minimum atomic E-state index is -1.25. The maximum atomic E-state index is 12.5. The summed E-state index contributed by atoms with van der Waals surface area (Å²) in [5.41, 5.74) is 12.1. The highest BCUT2D eigenvalue weighted by atomic mass is 16.4. The summed E-state index contributed by atoms with van der Waals surface area (Å²) >= 11 is 0. The molecule has 0 bridgehead atoms. The number of nitrogens with two attached hydrogens (primary N) is 2. The molecule has 162 valence electrons. The second kappa shape index (κ2) is 10.4. The number of carbonyl (C=O) groups excluding carboxylic acids is 2. The van der Waals surface area contributed by atoms with E-state index in [0.717, 1.165) is 0 Å². The van der Waals surface area contributed by atoms with Crippen LogP contribution in [-0.2, 0) is 14.4 Å². The van der Waals surface area contributed by atoms with E-state index in [9.17, 15) is 19.2 Å². The van der Waals surface area contributed by atoms with Crippen LogP contribution in [0.15, 0.2) is 53.5 Å². The zero-order chi connectivity index (χ0) is 23.0. The summed E-state index contributed by atoms with van der Waals surface area (Å²) in [5.74, 6) is -4.84. The molecule has 2 rings (SSSR count). The molecule has 0 aromatic heterocycles. The molecule has 11 heteroatoms. The van der Waals surface area contributed by atoms with Crippen LogP contribution in [0.1, 0.15) is 28.3 Å². The molecule has 2 aromatic carbocycles. The fourth-order valence-corrected chi connectivity index (χ4v) is 2.69. The third-order valence-electron chi connectivity index (χ3n) is 4.05. The van der Waals surface area contributed by atoms with E-state index in [4.69, 9.17) is 21.7 Å². The highest BCUT2D eigenvalue weighted by molar-refractivity contribution is 6.04. The average Bonchev–Trinajstić information content (AvgIpc) is 2.70. The normalized spacial score (nSPS) is 11.1. The number of nitrogens with one attached hydrogen (secondary N) is 2. The van der Waals surface area contributed by atoms with Crippen LogP contribution in [0.3, 0.4) is 0 Å². The minimum Gasteiger partial charge on any atom is -0.481 e. The molecule has 0 saturated heterocycles. The number of guanidine groups is 1. The Bertz CT molecular complexity index is 1010. The lowest BCUT2D eigenvalue weighted by molar-refractivity contribution is -0.140. The van der Waals surface area contributed by atoms with Gasteiger partial charge in [0.2, 0.25) is 5.91 Å². The Labute approximate surface area is 176 Å². The topological polar surface area (TPSA) is 197 Å². The van der Waals surface area contributed by atoms with Crippen molar-refractivity contribution in [2.24, 2.45) is 16.5 Å². The van der Waals surface area contributed by atoms with E-state index in [1.807, 2.05) is 0 Å². The van der Waals surface area contributed by atoms with Gasteiger partial charge in [-0.1, -0.05) is 18.2 Å². The Kier molecular flexibility index (Phi) is 7.67. The van der Waals surface area contributed by atoms with Crippen LogP contribution in [-0.4, -0.2) is 46.5 Å². The smallest absolute Gasteiger partial charge is 0.322 e. The fourth-order valence-electron chi connectivity index (χ4n) is 2.69. The van der Waals surface area contributed by atoms with Gasteiger partial charge in [0.05, 0.1) is 18.0 Å². The highest BCUT2D eigenvalue weighted by Gasteiger charge is 2.24. The fraction of sp³-hybridized carbons (Fsp3) is 0.150. The zero-order valence-corrected chi connectivity index (χ0v) is 16.2. The lowest BCUT2D eigenvalue weighted by Crippen LogP contribution is -2.34. The first-order chi connectivity index (χ1) is 14.7. The van der Waals surface area contributed by atoms with Crippen molar-refractivity contribution < 1.29 is 29.4 Å². The van der Waals surface area contributed by atoms with Crippen LogP contribution in [0, 0.1) is 0 Å². The number of carboxylic acids is 2. The third kappa shape index (κ3) is 7.16. The minimum absolute atomic E-state index is 0.142. The molecule has 0 aliphatic rings. The number of carboxylic acid groups (broad SMARTS) is 2. The number of aliphatic imine (C=N–C) groups is 1. The summed E-state index contributed by atoms with van der Waals surface area (Å²) in [7, 11) is 0. The van der Waals surface area contributed by atoms with Crippen LogP contribution in [0.2, 0.25) is 0 Å². The van der Waals surface area contributed by atoms with E-state index in [0.29, 0.717) is 22.5 Å². The average molecular weight is 427 g/mol. The Balaban J connectivity index is 2.14. The van der Waals surface area contributed by atoms with Gasteiger partial charge in [-0.3, -0.25) is 19.2 Å². The molecular formula is C20H21N5O6. The van der Waals surface area contributed by atoms with Gasteiger partial charge in [-0.25, -0.2) is 4.99 Å². The molecule has 0 heterocycles. The van der Waals surface area contributed by atoms with E-state index in [2.05, 4.69) is 15.6 Å². The summed E-state index contributed by atoms with van der Waals surface area (Å²) in [6.07, 6.45) is -0.519. The van der Waals surface area contributed by atoms with Crippen molar-refractivity contribution in [3.05, 3.63) is 59.7 Å².